The molecule has 0 fully saturated rings. The quantitative estimate of drug-likeness (QED) is 0.433. The summed E-state index contributed by atoms with van der Waals surface area (Å²) in [4.78, 5) is 40.1. The molecule has 0 bridgehead atoms. The molecule has 1 aromatic heterocycles. The smallest absolute Gasteiger partial charge is 0.336 e. The van der Waals surface area contributed by atoms with Crippen molar-refractivity contribution < 1.29 is 19.1 Å². The number of hydrogen-bond acceptors (Lipinski definition) is 6. The van der Waals surface area contributed by atoms with Crippen molar-refractivity contribution in [3.63, 3.8) is 0 Å². The second kappa shape index (κ2) is 6.50. The summed E-state index contributed by atoms with van der Waals surface area (Å²) in [6, 6.07) is -0.992. The Balaban J connectivity index is 2.70. The van der Waals surface area contributed by atoms with E-state index < -0.39 is 23.9 Å². The van der Waals surface area contributed by atoms with Crippen molar-refractivity contribution in [2.75, 3.05) is 6.54 Å². The van der Waals surface area contributed by atoms with E-state index in [0.29, 0.717) is 5.69 Å². The van der Waals surface area contributed by atoms with Gasteiger partial charge in [-0.05, 0) is 0 Å². The van der Waals surface area contributed by atoms with Crippen molar-refractivity contribution >= 4 is 17.8 Å². The van der Waals surface area contributed by atoms with Gasteiger partial charge in [0, 0.05) is 19.5 Å². The highest BCUT2D eigenvalue weighted by Gasteiger charge is 2.24. The number of nitrogens with zero attached hydrogens (tertiary/aromatic N) is 1. The molecule has 0 spiro atoms. The Morgan fingerprint density at radius 1 is 1.56 bits per heavy atom. The zero-order valence-corrected chi connectivity index (χ0v) is 9.80. The molecule has 1 rings (SSSR count). The summed E-state index contributed by atoms with van der Waals surface area (Å²) in [5.74, 6) is -2.10. The Labute approximate surface area is 103 Å². The number of amides is 1. The SMILES string of the molecule is CC(=O)OC(=O)[C@H](Cc1c[nH]cn1)NC(=O)CN. The fourth-order valence-corrected chi connectivity index (χ4v) is 1.27. The Bertz CT molecular complexity index is 429. The average Bonchev–Trinajstić information content (AvgIpc) is 2.79. The lowest BCUT2D eigenvalue weighted by atomic mass is 10.1. The third kappa shape index (κ3) is 4.34. The lowest BCUT2D eigenvalue weighted by molar-refractivity contribution is -0.160. The number of H-pyrrole nitrogens is 1. The third-order valence-corrected chi connectivity index (χ3v) is 2.02. The van der Waals surface area contributed by atoms with E-state index in [9.17, 15) is 14.4 Å². The van der Waals surface area contributed by atoms with Crippen LogP contribution in [-0.4, -0.2) is 40.4 Å². The van der Waals surface area contributed by atoms with E-state index in [-0.39, 0.29) is 13.0 Å². The van der Waals surface area contributed by atoms with Gasteiger partial charge in [0.2, 0.25) is 5.91 Å². The first-order chi connectivity index (χ1) is 8.52. The first-order valence-electron chi connectivity index (χ1n) is 5.22. The van der Waals surface area contributed by atoms with Crippen LogP contribution in [0.25, 0.3) is 0 Å². The fraction of sp³-hybridized carbons (Fsp3) is 0.400. The van der Waals surface area contributed by atoms with E-state index in [2.05, 4.69) is 20.0 Å². The first-order valence-corrected chi connectivity index (χ1v) is 5.22. The van der Waals surface area contributed by atoms with Crippen molar-refractivity contribution in [1.29, 1.82) is 0 Å². The minimum atomic E-state index is -0.992. The molecule has 98 valence electrons. The average molecular weight is 254 g/mol. The first kappa shape index (κ1) is 13.8. The molecule has 1 amide bonds. The van der Waals surface area contributed by atoms with Crippen LogP contribution in [0.2, 0.25) is 0 Å². The van der Waals surface area contributed by atoms with Gasteiger partial charge in [-0.1, -0.05) is 0 Å². The van der Waals surface area contributed by atoms with Gasteiger partial charge in [-0.3, -0.25) is 9.59 Å². The van der Waals surface area contributed by atoms with E-state index in [1.165, 1.54) is 6.33 Å². The molecule has 8 nitrogen and oxygen atoms in total. The maximum Gasteiger partial charge on any atom is 0.336 e. The molecule has 0 aliphatic heterocycles. The molecule has 18 heavy (non-hydrogen) atoms. The highest BCUT2D eigenvalue weighted by atomic mass is 16.6. The molecule has 0 saturated carbocycles. The van der Waals surface area contributed by atoms with E-state index in [4.69, 9.17) is 5.73 Å². The van der Waals surface area contributed by atoms with Crippen LogP contribution in [0.4, 0.5) is 0 Å². The lowest BCUT2D eigenvalue weighted by Gasteiger charge is -2.14. The number of carbonyl (C=O) groups excluding carboxylic acids is 3. The maximum absolute atomic E-state index is 11.6. The molecule has 0 radical (unpaired) electrons. The van der Waals surface area contributed by atoms with Gasteiger partial charge in [0.15, 0.2) is 0 Å². The van der Waals surface area contributed by atoms with Crippen molar-refractivity contribution in [1.82, 2.24) is 15.3 Å². The second-order valence-electron chi connectivity index (χ2n) is 3.50. The molecule has 1 aromatic rings. The molecule has 0 aliphatic rings. The number of esters is 2. The van der Waals surface area contributed by atoms with Crippen LogP contribution < -0.4 is 11.1 Å². The molecular weight excluding hydrogens is 240 g/mol. The molecule has 4 N–H and O–H groups in total. The van der Waals surface area contributed by atoms with Crippen LogP contribution in [0.5, 0.6) is 0 Å². The van der Waals surface area contributed by atoms with Gasteiger partial charge >= 0.3 is 11.9 Å². The highest BCUT2D eigenvalue weighted by Crippen LogP contribution is 2.01. The van der Waals surface area contributed by atoms with Crippen molar-refractivity contribution in [2.24, 2.45) is 5.73 Å². The van der Waals surface area contributed by atoms with Crippen LogP contribution in [-0.2, 0) is 25.5 Å². The van der Waals surface area contributed by atoms with Crippen LogP contribution in [0.1, 0.15) is 12.6 Å². The van der Waals surface area contributed by atoms with Crippen molar-refractivity contribution in [3.05, 3.63) is 18.2 Å². The summed E-state index contributed by atoms with van der Waals surface area (Å²) < 4.78 is 4.44. The second-order valence-corrected chi connectivity index (χ2v) is 3.50. The highest BCUT2D eigenvalue weighted by molar-refractivity contribution is 5.91. The van der Waals surface area contributed by atoms with Crippen LogP contribution in [0.15, 0.2) is 12.5 Å². The number of ether oxygens (including phenoxy) is 1. The van der Waals surface area contributed by atoms with Gasteiger partial charge in [-0.2, -0.15) is 0 Å². The Hall–Kier alpha value is -2.22. The van der Waals surface area contributed by atoms with Crippen LogP contribution in [0, 0.1) is 0 Å². The molecule has 1 heterocycles. The number of nitrogens with one attached hydrogen (secondary N) is 2. The minimum Gasteiger partial charge on any atom is -0.392 e. The molecule has 8 heteroatoms. The minimum absolute atomic E-state index is 0.112. The molecule has 0 saturated heterocycles. The summed E-state index contributed by atoms with van der Waals surface area (Å²) in [5, 5.41) is 2.37. The van der Waals surface area contributed by atoms with Gasteiger partial charge in [-0.15, -0.1) is 0 Å². The standard InChI is InChI=1S/C10H14N4O4/c1-6(15)18-10(17)8(14-9(16)3-11)2-7-4-12-5-13-7/h4-5,8H,2-3,11H2,1H3,(H,12,13)(H,14,16)/t8-/m0/s1. The molecule has 0 unspecified atom stereocenters. The number of aromatic amines is 1. The van der Waals surface area contributed by atoms with Crippen molar-refractivity contribution in [3.8, 4) is 0 Å². The summed E-state index contributed by atoms with van der Waals surface area (Å²) in [6.07, 6.45) is 3.12. The van der Waals surface area contributed by atoms with E-state index in [1.54, 1.807) is 6.20 Å². The van der Waals surface area contributed by atoms with E-state index in [0.717, 1.165) is 6.92 Å². The predicted octanol–water partition coefficient (Wildman–Crippen LogP) is -1.51. The Kier molecular flexibility index (Phi) is 5.00. The van der Waals surface area contributed by atoms with Crippen LogP contribution >= 0.6 is 0 Å². The summed E-state index contributed by atoms with van der Waals surface area (Å²) in [6.45, 7) is 0.846. The van der Waals surface area contributed by atoms with Gasteiger partial charge in [0.1, 0.15) is 6.04 Å². The van der Waals surface area contributed by atoms with E-state index >= 15 is 0 Å². The number of imidazole rings is 1. The number of rotatable bonds is 5. The van der Waals surface area contributed by atoms with Gasteiger partial charge < -0.3 is 20.8 Å². The monoisotopic (exact) mass is 254 g/mol. The van der Waals surface area contributed by atoms with Crippen LogP contribution in [0.3, 0.4) is 0 Å². The van der Waals surface area contributed by atoms with Gasteiger partial charge in [0.05, 0.1) is 18.6 Å². The fourth-order valence-electron chi connectivity index (χ4n) is 1.27. The molecule has 0 aliphatic carbocycles. The predicted molar refractivity (Wildman–Crippen MR) is 60.0 cm³/mol. The number of nitrogens with two attached hydrogens (primary N) is 1. The van der Waals surface area contributed by atoms with Gasteiger partial charge in [0.25, 0.3) is 0 Å². The molecule has 1 atom stereocenters. The maximum atomic E-state index is 11.6. The number of carbonyl (C=O) groups is 3. The number of aromatic nitrogens is 2. The topological polar surface area (TPSA) is 127 Å². The molecule has 0 aromatic carbocycles. The molecular formula is C10H14N4O4. The Morgan fingerprint density at radius 3 is 2.78 bits per heavy atom. The van der Waals surface area contributed by atoms with Crippen molar-refractivity contribution in [2.45, 2.75) is 19.4 Å². The normalized spacial score (nSPS) is 11.7. The zero-order valence-electron chi connectivity index (χ0n) is 9.80. The number of hydrogen-bond donors (Lipinski definition) is 3. The third-order valence-electron chi connectivity index (χ3n) is 2.02. The Morgan fingerprint density at radius 2 is 2.28 bits per heavy atom. The summed E-state index contributed by atoms with van der Waals surface area (Å²) in [5.41, 5.74) is 5.70. The van der Waals surface area contributed by atoms with E-state index in [1.807, 2.05) is 0 Å². The summed E-state index contributed by atoms with van der Waals surface area (Å²) >= 11 is 0. The van der Waals surface area contributed by atoms with Gasteiger partial charge in [-0.25, -0.2) is 9.78 Å². The zero-order chi connectivity index (χ0) is 13.5. The lowest BCUT2D eigenvalue weighted by Crippen LogP contribution is -2.46. The summed E-state index contributed by atoms with van der Waals surface area (Å²) in [7, 11) is 0. The largest absolute Gasteiger partial charge is 0.392 e.